The Morgan fingerprint density at radius 3 is 2.78 bits per heavy atom. The molecule has 96 valence electrons. The molecule has 3 nitrogen and oxygen atoms in total. The molecule has 2 rings (SSSR count). The summed E-state index contributed by atoms with van der Waals surface area (Å²) < 4.78 is 11.5. The Kier molecular flexibility index (Phi) is 4.32. The Morgan fingerprint density at radius 1 is 1.39 bits per heavy atom. The van der Waals surface area contributed by atoms with Gasteiger partial charge >= 0.3 is 0 Å². The maximum Gasteiger partial charge on any atom is 0.193 e. The Balaban J connectivity index is 2.18. The zero-order valence-corrected chi connectivity index (χ0v) is 12.2. The largest absolute Gasteiger partial charge is 0.497 e. The van der Waals surface area contributed by atoms with Gasteiger partial charge in [-0.05, 0) is 53.9 Å². The van der Waals surface area contributed by atoms with Crippen molar-refractivity contribution in [3.8, 4) is 5.75 Å². The van der Waals surface area contributed by atoms with Crippen molar-refractivity contribution in [2.45, 2.75) is 12.5 Å². The van der Waals surface area contributed by atoms with E-state index in [-0.39, 0.29) is 6.04 Å². The van der Waals surface area contributed by atoms with E-state index in [1.807, 2.05) is 18.2 Å². The summed E-state index contributed by atoms with van der Waals surface area (Å²) in [5.74, 6) is 1.48. The summed E-state index contributed by atoms with van der Waals surface area (Å²) in [6.07, 6.45) is 0.641. The van der Waals surface area contributed by atoms with E-state index >= 15 is 0 Å². The lowest BCUT2D eigenvalue weighted by Crippen LogP contribution is -2.12. The van der Waals surface area contributed by atoms with Crippen LogP contribution in [0.4, 0.5) is 0 Å². The van der Waals surface area contributed by atoms with E-state index in [9.17, 15) is 0 Å². The summed E-state index contributed by atoms with van der Waals surface area (Å²) >= 11 is 9.23. The van der Waals surface area contributed by atoms with Gasteiger partial charge in [-0.15, -0.1) is 0 Å². The van der Waals surface area contributed by atoms with Crippen LogP contribution in [0.2, 0.25) is 5.22 Å². The highest BCUT2D eigenvalue weighted by atomic mass is 79.9. The third-order valence-corrected chi connectivity index (χ3v) is 3.63. The molecule has 1 atom stereocenters. The van der Waals surface area contributed by atoms with E-state index in [1.54, 1.807) is 19.2 Å². The van der Waals surface area contributed by atoms with Crippen LogP contribution in [0, 0.1) is 0 Å². The number of benzene rings is 1. The smallest absolute Gasteiger partial charge is 0.193 e. The summed E-state index contributed by atoms with van der Waals surface area (Å²) in [5.41, 5.74) is 7.15. The third kappa shape index (κ3) is 3.07. The molecule has 2 aromatic rings. The van der Waals surface area contributed by atoms with Crippen molar-refractivity contribution in [1.29, 1.82) is 0 Å². The SMILES string of the molecule is COc1ccc(Br)c(CC(N)c2ccc(Cl)o2)c1. The average molecular weight is 331 g/mol. The summed E-state index contributed by atoms with van der Waals surface area (Å²) in [7, 11) is 1.64. The van der Waals surface area contributed by atoms with Crippen LogP contribution in [0.15, 0.2) is 39.2 Å². The van der Waals surface area contributed by atoms with Crippen LogP contribution in [-0.4, -0.2) is 7.11 Å². The fourth-order valence-electron chi connectivity index (χ4n) is 1.70. The van der Waals surface area contributed by atoms with Crippen molar-refractivity contribution in [2.75, 3.05) is 7.11 Å². The molecule has 0 amide bonds. The number of nitrogens with two attached hydrogens (primary N) is 1. The molecule has 0 aliphatic carbocycles. The first kappa shape index (κ1) is 13.5. The van der Waals surface area contributed by atoms with E-state index in [2.05, 4.69) is 15.9 Å². The van der Waals surface area contributed by atoms with E-state index < -0.39 is 0 Å². The van der Waals surface area contributed by atoms with E-state index in [0.29, 0.717) is 17.4 Å². The molecule has 0 radical (unpaired) electrons. The van der Waals surface area contributed by atoms with E-state index in [4.69, 9.17) is 26.5 Å². The highest BCUT2D eigenvalue weighted by Crippen LogP contribution is 2.27. The minimum Gasteiger partial charge on any atom is -0.497 e. The number of ether oxygens (including phenoxy) is 1. The first-order valence-electron chi connectivity index (χ1n) is 5.43. The van der Waals surface area contributed by atoms with Crippen molar-refractivity contribution in [1.82, 2.24) is 0 Å². The number of rotatable bonds is 4. The first-order valence-corrected chi connectivity index (χ1v) is 6.60. The molecule has 5 heteroatoms. The predicted molar refractivity (Wildman–Crippen MR) is 75.0 cm³/mol. The highest BCUT2D eigenvalue weighted by molar-refractivity contribution is 9.10. The molecule has 18 heavy (non-hydrogen) atoms. The topological polar surface area (TPSA) is 48.4 Å². The zero-order valence-electron chi connectivity index (χ0n) is 9.82. The van der Waals surface area contributed by atoms with Crippen LogP contribution >= 0.6 is 27.5 Å². The Hall–Kier alpha value is -0.970. The second kappa shape index (κ2) is 5.78. The molecule has 2 N–H and O–H groups in total. The lowest BCUT2D eigenvalue weighted by molar-refractivity contribution is 0.413. The van der Waals surface area contributed by atoms with Gasteiger partial charge in [-0.2, -0.15) is 0 Å². The van der Waals surface area contributed by atoms with Crippen LogP contribution in [-0.2, 0) is 6.42 Å². The first-order chi connectivity index (χ1) is 8.60. The molecule has 0 bridgehead atoms. The van der Waals surface area contributed by atoms with Gasteiger partial charge in [0.2, 0.25) is 0 Å². The normalized spacial score (nSPS) is 12.4. The summed E-state index contributed by atoms with van der Waals surface area (Å²) in [6, 6.07) is 9.03. The molecular formula is C13H13BrClNO2. The van der Waals surface area contributed by atoms with Gasteiger partial charge in [-0.3, -0.25) is 0 Å². The Bertz CT molecular complexity index is 542. The van der Waals surface area contributed by atoms with Gasteiger partial charge in [-0.25, -0.2) is 0 Å². The second-order valence-electron chi connectivity index (χ2n) is 3.91. The molecule has 0 aliphatic heterocycles. The Labute approximate surface area is 119 Å². The molecule has 1 aromatic heterocycles. The standard InChI is InChI=1S/C13H13BrClNO2/c1-17-9-2-3-10(14)8(6-9)7-11(16)12-4-5-13(15)18-12/h2-6,11H,7,16H2,1H3. The molecule has 1 aromatic carbocycles. The van der Waals surface area contributed by atoms with Crippen molar-refractivity contribution in [3.63, 3.8) is 0 Å². The monoisotopic (exact) mass is 329 g/mol. The average Bonchev–Trinajstić information content (AvgIpc) is 2.79. The summed E-state index contributed by atoms with van der Waals surface area (Å²) in [6.45, 7) is 0. The number of halogens is 2. The van der Waals surface area contributed by atoms with Crippen molar-refractivity contribution in [2.24, 2.45) is 5.73 Å². The van der Waals surface area contributed by atoms with Gasteiger partial charge in [0.1, 0.15) is 11.5 Å². The fourth-order valence-corrected chi connectivity index (χ4v) is 2.26. The maximum atomic E-state index is 6.09. The van der Waals surface area contributed by atoms with Crippen molar-refractivity contribution in [3.05, 3.63) is 51.3 Å². The van der Waals surface area contributed by atoms with E-state index in [1.165, 1.54) is 0 Å². The quantitative estimate of drug-likeness (QED) is 0.923. The molecule has 1 heterocycles. The maximum absolute atomic E-state index is 6.09. The molecule has 0 saturated heterocycles. The lowest BCUT2D eigenvalue weighted by atomic mass is 10.0. The second-order valence-corrected chi connectivity index (χ2v) is 5.14. The molecule has 0 aliphatic rings. The van der Waals surface area contributed by atoms with Crippen LogP contribution < -0.4 is 10.5 Å². The minimum absolute atomic E-state index is 0.235. The van der Waals surface area contributed by atoms with Crippen LogP contribution in [0.3, 0.4) is 0 Å². The third-order valence-electron chi connectivity index (χ3n) is 2.65. The number of furan rings is 1. The zero-order chi connectivity index (χ0) is 13.1. The number of hydrogen-bond donors (Lipinski definition) is 1. The highest BCUT2D eigenvalue weighted by Gasteiger charge is 2.13. The van der Waals surface area contributed by atoms with Gasteiger partial charge in [0.05, 0.1) is 13.2 Å². The van der Waals surface area contributed by atoms with Gasteiger partial charge in [-0.1, -0.05) is 15.9 Å². The molecule has 0 saturated carbocycles. The van der Waals surface area contributed by atoms with Crippen LogP contribution in [0.5, 0.6) is 5.75 Å². The molecule has 0 spiro atoms. The Morgan fingerprint density at radius 2 is 2.17 bits per heavy atom. The van der Waals surface area contributed by atoms with Gasteiger partial charge in [0.25, 0.3) is 0 Å². The molecular weight excluding hydrogens is 318 g/mol. The summed E-state index contributed by atoms with van der Waals surface area (Å²) in [5, 5.41) is 0.352. The lowest BCUT2D eigenvalue weighted by Gasteiger charge is -2.11. The van der Waals surface area contributed by atoms with Crippen LogP contribution in [0.1, 0.15) is 17.4 Å². The minimum atomic E-state index is -0.235. The number of hydrogen-bond acceptors (Lipinski definition) is 3. The molecule has 1 unspecified atom stereocenters. The van der Waals surface area contributed by atoms with E-state index in [0.717, 1.165) is 15.8 Å². The van der Waals surface area contributed by atoms with Crippen LogP contribution in [0.25, 0.3) is 0 Å². The van der Waals surface area contributed by atoms with Crippen molar-refractivity contribution >= 4 is 27.5 Å². The summed E-state index contributed by atoms with van der Waals surface area (Å²) in [4.78, 5) is 0. The predicted octanol–water partition coefficient (Wildman–Crippen LogP) is 3.95. The molecule has 0 fully saturated rings. The van der Waals surface area contributed by atoms with Crippen molar-refractivity contribution < 1.29 is 9.15 Å². The number of methoxy groups -OCH3 is 1. The van der Waals surface area contributed by atoms with Gasteiger partial charge < -0.3 is 14.9 Å². The fraction of sp³-hybridized carbons (Fsp3) is 0.231. The van der Waals surface area contributed by atoms with Gasteiger partial charge in [0, 0.05) is 4.47 Å². The van der Waals surface area contributed by atoms with Gasteiger partial charge in [0.15, 0.2) is 5.22 Å².